The molecule has 0 saturated heterocycles. The van der Waals surface area contributed by atoms with Crippen LogP contribution in [0.25, 0.3) is 89.4 Å². The van der Waals surface area contributed by atoms with Gasteiger partial charge in [-0.3, -0.25) is 0 Å². The summed E-state index contributed by atoms with van der Waals surface area (Å²) >= 11 is 0. The van der Waals surface area contributed by atoms with Crippen LogP contribution in [0.5, 0.6) is 0 Å². The quantitative estimate of drug-likeness (QED) is 0.202. The standard InChI is InChI=1S/C43H27N3/c1-4-12-29(13-5-1)37-26-34(27-38-35-20-10-18-30-19-11-21-36(39(30)35)40(37)38)28-22-24-33(25-23-28)43-45-41(31-14-6-2-7-15-31)44-42(46-43)32-16-8-3-9-17-32/h1-27H. The minimum absolute atomic E-state index is 0.653. The van der Waals surface area contributed by atoms with Gasteiger partial charge in [-0.25, -0.2) is 15.0 Å². The Morgan fingerprint density at radius 2 is 0.739 bits per heavy atom. The summed E-state index contributed by atoms with van der Waals surface area (Å²) in [7, 11) is 0. The lowest BCUT2D eigenvalue weighted by atomic mass is 9.89. The molecule has 3 heteroatoms. The van der Waals surface area contributed by atoms with Crippen LogP contribution >= 0.6 is 0 Å². The molecule has 9 rings (SSSR count). The molecule has 0 amide bonds. The van der Waals surface area contributed by atoms with Crippen molar-refractivity contribution in [2.24, 2.45) is 0 Å². The van der Waals surface area contributed by atoms with Gasteiger partial charge in [-0.05, 0) is 67.4 Å². The van der Waals surface area contributed by atoms with E-state index in [1.807, 2.05) is 60.7 Å². The van der Waals surface area contributed by atoms with E-state index in [2.05, 4.69) is 103 Å². The summed E-state index contributed by atoms with van der Waals surface area (Å²) < 4.78 is 0. The summed E-state index contributed by atoms with van der Waals surface area (Å²) in [4.78, 5) is 14.7. The lowest BCUT2D eigenvalue weighted by Crippen LogP contribution is -2.00. The zero-order chi connectivity index (χ0) is 30.5. The Kier molecular flexibility index (Phi) is 6.14. The van der Waals surface area contributed by atoms with E-state index < -0.39 is 0 Å². The van der Waals surface area contributed by atoms with Gasteiger partial charge in [0, 0.05) is 16.7 Å². The number of hydrogen-bond acceptors (Lipinski definition) is 3. The van der Waals surface area contributed by atoms with E-state index in [9.17, 15) is 0 Å². The summed E-state index contributed by atoms with van der Waals surface area (Å²) in [5, 5.41) is 2.61. The molecule has 0 saturated carbocycles. The molecule has 3 nitrogen and oxygen atoms in total. The zero-order valence-corrected chi connectivity index (χ0v) is 24.9. The highest BCUT2D eigenvalue weighted by Gasteiger charge is 2.25. The SMILES string of the molecule is c1ccc(-c2nc(-c3ccccc3)nc(-c3ccc(-c4cc(-c5ccccc5)c5c(c4)-c4cccc6cccc-5c46)cc3)n2)cc1. The highest BCUT2D eigenvalue weighted by Crippen LogP contribution is 2.52. The van der Waals surface area contributed by atoms with Crippen molar-refractivity contribution in [2.75, 3.05) is 0 Å². The van der Waals surface area contributed by atoms with Crippen LogP contribution in [0.2, 0.25) is 0 Å². The molecule has 46 heavy (non-hydrogen) atoms. The Labute approximate surface area is 267 Å². The normalized spacial score (nSPS) is 11.5. The maximum atomic E-state index is 4.93. The molecule has 0 bridgehead atoms. The summed E-state index contributed by atoms with van der Waals surface area (Å²) in [5.74, 6) is 1.97. The van der Waals surface area contributed by atoms with Gasteiger partial charge < -0.3 is 0 Å². The molecule has 0 aliphatic heterocycles. The molecule has 214 valence electrons. The molecule has 1 aliphatic carbocycles. The highest BCUT2D eigenvalue weighted by atomic mass is 15.0. The van der Waals surface area contributed by atoms with E-state index in [0.29, 0.717) is 17.5 Å². The van der Waals surface area contributed by atoms with Crippen LogP contribution < -0.4 is 0 Å². The number of benzene rings is 7. The smallest absolute Gasteiger partial charge is 0.164 e. The van der Waals surface area contributed by atoms with Crippen LogP contribution in [-0.4, -0.2) is 15.0 Å². The number of rotatable bonds is 5. The number of fused-ring (bicyclic) bond motifs is 3. The second kappa shape index (κ2) is 10.8. The molecular weight excluding hydrogens is 558 g/mol. The van der Waals surface area contributed by atoms with E-state index in [4.69, 9.17) is 15.0 Å². The molecule has 0 unspecified atom stereocenters. The summed E-state index contributed by atoms with van der Waals surface area (Å²) in [6, 6.07) is 57.5. The van der Waals surface area contributed by atoms with Crippen LogP contribution in [0.1, 0.15) is 0 Å². The molecule has 1 aromatic heterocycles. The van der Waals surface area contributed by atoms with Crippen molar-refractivity contribution in [2.45, 2.75) is 0 Å². The van der Waals surface area contributed by atoms with E-state index >= 15 is 0 Å². The first kappa shape index (κ1) is 26.2. The first-order valence-corrected chi connectivity index (χ1v) is 15.5. The first-order valence-electron chi connectivity index (χ1n) is 15.5. The van der Waals surface area contributed by atoms with Gasteiger partial charge in [0.15, 0.2) is 17.5 Å². The van der Waals surface area contributed by atoms with Crippen molar-refractivity contribution in [3.63, 3.8) is 0 Å². The van der Waals surface area contributed by atoms with Crippen molar-refractivity contribution < 1.29 is 0 Å². The maximum Gasteiger partial charge on any atom is 0.164 e. The lowest BCUT2D eigenvalue weighted by molar-refractivity contribution is 1.07. The Bertz CT molecular complexity index is 2320. The van der Waals surface area contributed by atoms with Gasteiger partial charge in [0.1, 0.15) is 0 Å². The minimum Gasteiger partial charge on any atom is -0.208 e. The van der Waals surface area contributed by atoms with Gasteiger partial charge >= 0.3 is 0 Å². The third kappa shape index (κ3) is 4.41. The predicted octanol–water partition coefficient (Wildman–Crippen LogP) is 11.0. The summed E-state index contributed by atoms with van der Waals surface area (Å²) in [6.07, 6.45) is 0. The molecule has 0 spiro atoms. The molecule has 1 heterocycles. The van der Waals surface area contributed by atoms with Gasteiger partial charge in [0.05, 0.1) is 0 Å². The predicted molar refractivity (Wildman–Crippen MR) is 189 cm³/mol. The number of nitrogens with zero attached hydrogens (tertiary/aromatic N) is 3. The fraction of sp³-hybridized carbons (Fsp3) is 0. The molecular formula is C43H27N3. The Morgan fingerprint density at radius 3 is 1.30 bits per heavy atom. The van der Waals surface area contributed by atoms with Gasteiger partial charge in [-0.2, -0.15) is 0 Å². The van der Waals surface area contributed by atoms with Gasteiger partial charge in [0.2, 0.25) is 0 Å². The van der Waals surface area contributed by atoms with Gasteiger partial charge in [-0.1, -0.05) is 152 Å². The van der Waals surface area contributed by atoms with E-state index in [1.165, 1.54) is 49.7 Å². The minimum atomic E-state index is 0.653. The van der Waals surface area contributed by atoms with Crippen LogP contribution in [0.3, 0.4) is 0 Å². The molecule has 1 aliphatic rings. The first-order chi connectivity index (χ1) is 22.8. The molecule has 0 radical (unpaired) electrons. The Morgan fingerprint density at radius 1 is 0.283 bits per heavy atom. The fourth-order valence-electron chi connectivity index (χ4n) is 6.68. The average molecular weight is 586 g/mol. The van der Waals surface area contributed by atoms with Crippen LogP contribution in [0.15, 0.2) is 164 Å². The van der Waals surface area contributed by atoms with E-state index in [0.717, 1.165) is 22.3 Å². The molecule has 8 aromatic rings. The summed E-state index contributed by atoms with van der Waals surface area (Å²) in [5.41, 5.74) is 12.9. The third-order valence-corrected chi connectivity index (χ3v) is 8.86. The Balaban J connectivity index is 1.18. The molecule has 0 N–H and O–H groups in total. The monoisotopic (exact) mass is 585 g/mol. The molecule has 0 atom stereocenters. The fourth-order valence-corrected chi connectivity index (χ4v) is 6.68. The van der Waals surface area contributed by atoms with Crippen molar-refractivity contribution in [3.05, 3.63) is 164 Å². The van der Waals surface area contributed by atoms with E-state index in [-0.39, 0.29) is 0 Å². The van der Waals surface area contributed by atoms with Crippen molar-refractivity contribution in [1.82, 2.24) is 15.0 Å². The third-order valence-electron chi connectivity index (χ3n) is 8.86. The second-order valence-corrected chi connectivity index (χ2v) is 11.6. The largest absolute Gasteiger partial charge is 0.208 e. The van der Waals surface area contributed by atoms with E-state index in [1.54, 1.807) is 0 Å². The van der Waals surface area contributed by atoms with Crippen LogP contribution in [0, 0.1) is 0 Å². The van der Waals surface area contributed by atoms with Crippen LogP contribution in [0.4, 0.5) is 0 Å². The number of aromatic nitrogens is 3. The van der Waals surface area contributed by atoms with Crippen LogP contribution in [-0.2, 0) is 0 Å². The average Bonchev–Trinajstić information content (AvgIpc) is 3.47. The van der Waals surface area contributed by atoms with Gasteiger partial charge in [-0.15, -0.1) is 0 Å². The number of hydrogen-bond donors (Lipinski definition) is 0. The highest BCUT2D eigenvalue weighted by molar-refractivity contribution is 6.18. The van der Waals surface area contributed by atoms with Crippen molar-refractivity contribution in [3.8, 4) is 78.7 Å². The molecule has 0 fully saturated rings. The van der Waals surface area contributed by atoms with Crippen molar-refractivity contribution >= 4 is 10.8 Å². The second-order valence-electron chi connectivity index (χ2n) is 11.6. The van der Waals surface area contributed by atoms with Crippen molar-refractivity contribution in [1.29, 1.82) is 0 Å². The lowest BCUT2D eigenvalue weighted by Gasteiger charge is -2.15. The topological polar surface area (TPSA) is 38.7 Å². The Hall–Kier alpha value is -6.19. The van der Waals surface area contributed by atoms with Gasteiger partial charge in [0.25, 0.3) is 0 Å². The summed E-state index contributed by atoms with van der Waals surface area (Å²) in [6.45, 7) is 0. The maximum absolute atomic E-state index is 4.93. The zero-order valence-electron chi connectivity index (χ0n) is 24.9. The molecule has 7 aromatic carbocycles.